The number of phenols is 2. The highest BCUT2D eigenvalue weighted by atomic mass is 32.2. The van der Waals surface area contributed by atoms with Crippen molar-refractivity contribution in [3.05, 3.63) is 23.8 Å². The van der Waals surface area contributed by atoms with E-state index in [0.717, 1.165) is 6.26 Å². The van der Waals surface area contributed by atoms with Crippen molar-refractivity contribution in [1.82, 2.24) is 4.90 Å². The van der Waals surface area contributed by atoms with Crippen molar-refractivity contribution in [1.29, 1.82) is 0 Å². The summed E-state index contributed by atoms with van der Waals surface area (Å²) in [6.45, 7) is 0.300. The van der Waals surface area contributed by atoms with Gasteiger partial charge in [0.05, 0.1) is 12.3 Å². The van der Waals surface area contributed by atoms with Crippen LogP contribution in [0.5, 0.6) is 11.5 Å². The molecule has 0 heterocycles. The van der Waals surface area contributed by atoms with Gasteiger partial charge in [0.25, 0.3) is 0 Å². The van der Waals surface area contributed by atoms with Gasteiger partial charge in [-0.15, -0.1) is 0 Å². The van der Waals surface area contributed by atoms with Gasteiger partial charge in [0.2, 0.25) is 0 Å². The second-order valence-electron chi connectivity index (χ2n) is 4.49. The number of Topliss-reactive ketones (excluding diaryl/α,β-unsaturated/α-hetero) is 1. The summed E-state index contributed by atoms with van der Waals surface area (Å²) in [5, 5.41) is 18.4. The van der Waals surface area contributed by atoms with Crippen LogP contribution in [0.25, 0.3) is 0 Å². The molecular formula is C12H17NO5S. The topological polar surface area (TPSA) is 94.9 Å². The number of carbonyl (C=O) groups excluding carboxylic acids is 1. The number of rotatable bonds is 6. The molecule has 0 spiro atoms. The fourth-order valence-electron chi connectivity index (χ4n) is 1.43. The van der Waals surface area contributed by atoms with Crippen LogP contribution >= 0.6 is 0 Å². The number of benzene rings is 1. The molecule has 0 amide bonds. The molecule has 2 N–H and O–H groups in total. The Morgan fingerprint density at radius 1 is 1.26 bits per heavy atom. The molecule has 19 heavy (non-hydrogen) atoms. The van der Waals surface area contributed by atoms with Crippen molar-refractivity contribution in [2.45, 2.75) is 0 Å². The Labute approximate surface area is 112 Å². The highest BCUT2D eigenvalue weighted by molar-refractivity contribution is 7.90. The zero-order chi connectivity index (χ0) is 14.6. The van der Waals surface area contributed by atoms with E-state index in [0.29, 0.717) is 0 Å². The van der Waals surface area contributed by atoms with Gasteiger partial charge in [0.1, 0.15) is 9.84 Å². The van der Waals surface area contributed by atoms with E-state index >= 15 is 0 Å². The predicted molar refractivity (Wildman–Crippen MR) is 71.3 cm³/mol. The Morgan fingerprint density at radius 2 is 1.89 bits per heavy atom. The molecule has 1 aromatic carbocycles. The number of carbonyl (C=O) groups is 1. The van der Waals surface area contributed by atoms with Crippen LogP contribution in [-0.4, -0.2) is 61.5 Å². The smallest absolute Gasteiger partial charge is 0.176 e. The van der Waals surface area contributed by atoms with Crippen LogP contribution in [0.3, 0.4) is 0 Å². The van der Waals surface area contributed by atoms with Gasteiger partial charge in [0, 0.05) is 18.4 Å². The molecule has 1 rings (SSSR count). The number of nitrogens with zero attached hydrogens (tertiary/aromatic N) is 1. The van der Waals surface area contributed by atoms with Crippen molar-refractivity contribution >= 4 is 15.6 Å². The molecule has 106 valence electrons. The molecule has 6 nitrogen and oxygen atoms in total. The van der Waals surface area contributed by atoms with Crippen LogP contribution in [0.1, 0.15) is 10.4 Å². The highest BCUT2D eigenvalue weighted by Gasteiger charge is 2.13. The first-order valence-electron chi connectivity index (χ1n) is 5.60. The molecule has 0 aromatic heterocycles. The van der Waals surface area contributed by atoms with Crippen LogP contribution < -0.4 is 0 Å². The first-order chi connectivity index (χ1) is 8.69. The van der Waals surface area contributed by atoms with Crippen LogP contribution in [-0.2, 0) is 9.84 Å². The fraction of sp³-hybridized carbons (Fsp3) is 0.417. The van der Waals surface area contributed by atoms with Crippen LogP contribution in [0.2, 0.25) is 0 Å². The lowest BCUT2D eigenvalue weighted by atomic mass is 10.1. The van der Waals surface area contributed by atoms with Crippen LogP contribution in [0, 0.1) is 0 Å². The monoisotopic (exact) mass is 287 g/mol. The quantitative estimate of drug-likeness (QED) is 0.575. The van der Waals surface area contributed by atoms with Gasteiger partial charge < -0.3 is 10.2 Å². The first-order valence-corrected chi connectivity index (χ1v) is 7.66. The summed E-state index contributed by atoms with van der Waals surface area (Å²) in [7, 11) is -1.42. The Balaban J connectivity index is 2.61. The Bertz CT molecular complexity index is 567. The van der Waals surface area contributed by atoms with E-state index in [9.17, 15) is 18.3 Å². The van der Waals surface area contributed by atoms with Gasteiger partial charge >= 0.3 is 0 Å². The van der Waals surface area contributed by atoms with Crippen molar-refractivity contribution in [2.24, 2.45) is 0 Å². The number of sulfone groups is 1. The van der Waals surface area contributed by atoms with Gasteiger partial charge in [-0.05, 0) is 25.2 Å². The Kier molecular flexibility index (Phi) is 4.90. The molecule has 0 fully saturated rings. The SMILES string of the molecule is CN(CCS(C)(=O)=O)CC(=O)c1ccc(O)c(O)c1. The molecule has 0 bridgehead atoms. The maximum absolute atomic E-state index is 11.9. The minimum Gasteiger partial charge on any atom is -0.504 e. The summed E-state index contributed by atoms with van der Waals surface area (Å²) < 4.78 is 22.0. The van der Waals surface area contributed by atoms with E-state index in [2.05, 4.69) is 0 Å². The van der Waals surface area contributed by atoms with Gasteiger partial charge in [-0.1, -0.05) is 0 Å². The standard InChI is InChI=1S/C12H17NO5S/c1-13(5-6-19(2,17)18)8-12(16)9-3-4-10(14)11(15)7-9/h3-4,7,14-15H,5-6,8H2,1-2H3. The molecule has 0 saturated heterocycles. The van der Waals surface area contributed by atoms with Crippen molar-refractivity contribution < 1.29 is 23.4 Å². The third-order valence-corrected chi connectivity index (χ3v) is 3.48. The third-order valence-electron chi connectivity index (χ3n) is 2.55. The molecule has 0 aliphatic heterocycles. The number of hydrogen-bond donors (Lipinski definition) is 2. The van der Waals surface area contributed by atoms with E-state index in [1.165, 1.54) is 18.2 Å². The highest BCUT2D eigenvalue weighted by Crippen LogP contribution is 2.25. The zero-order valence-electron chi connectivity index (χ0n) is 10.8. The first kappa shape index (κ1) is 15.5. The minimum atomic E-state index is -3.06. The molecule has 0 saturated carbocycles. The van der Waals surface area contributed by atoms with Gasteiger partial charge in [-0.3, -0.25) is 9.69 Å². The molecule has 0 atom stereocenters. The summed E-state index contributed by atoms with van der Waals surface area (Å²) in [5.41, 5.74) is 0.265. The Morgan fingerprint density at radius 3 is 2.42 bits per heavy atom. The zero-order valence-corrected chi connectivity index (χ0v) is 11.6. The predicted octanol–water partition coefficient (Wildman–Crippen LogP) is 0.257. The number of hydrogen-bond acceptors (Lipinski definition) is 6. The number of phenolic OH excluding ortho intramolecular Hbond substituents is 2. The number of ketones is 1. The van der Waals surface area contributed by atoms with E-state index in [-0.39, 0.29) is 41.7 Å². The molecule has 1 aromatic rings. The van der Waals surface area contributed by atoms with E-state index in [4.69, 9.17) is 5.11 Å². The molecular weight excluding hydrogens is 270 g/mol. The largest absolute Gasteiger partial charge is 0.504 e. The normalized spacial score (nSPS) is 11.7. The molecule has 0 aliphatic rings. The van der Waals surface area contributed by atoms with Crippen molar-refractivity contribution in [3.8, 4) is 11.5 Å². The molecule has 0 aliphatic carbocycles. The number of likely N-dealkylation sites (N-methyl/N-ethyl adjacent to an activating group) is 1. The third kappa shape index (κ3) is 5.27. The average Bonchev–Trinajstić information content (AvgIpc) is 2.29. The van der Waals surface area contributed by atoms with Gasteiger partial charge in [-0.25, -0.2) is 8.42 Å². The van der Waals surface area contributed by atoms with Gasteiger partial charge in [0.15, 0.2) is 17.3 Å². The summed E-state index contributed by atoms with van der Waals surface area (Å²) in [6, 6.07) is 3.82. The molecule has 0 radical (unpaired) electrons. The second-order valence-corrected chi connectivity index (χ2v) is 6.75. The van der Waals surface area contributed by atoms with Crippen molar-refractivity contribution in [2.75, 3.05) is 32.1 Å². The average molecular weight is 287 g/mol. The summed E-state index contributed by atoms with van der Waals surface area (Å²) in [5.74, 6) is -0.921. The van der Waals surface area contributed by atoms with Crippen molar-refractivity contribution in [3.63, 3.8) is 0 Å². The van der Waals surface area contributed by atoms with E-state index < -0.39 is 9.84 Å². The summed E-state index contributed by atoms with van der Waals surface area (Å²) >= 11 is 0. The van der Waals surface area contributed by atoms with Crippen LogP contribution in [0.15, 0.2) is 18.2 Å². The maximum Gasteiger partial charge on any atom is 0.176 e. The summed E-state index contributed by atoms with van der Waals surface area (Å²) in [6.07, 6.45) is 1.14. The lowest BCUT2D eigenvalue weighted by molar-refractivity contribution is 0.0948. The van der Waals surface area contributed by atoms with Crippen LogP contribution in [0.4, 0.5) is 0 Å². The molecule has 0 unspecified atom stereocenters. The Hall–Kier alpha value is -1.60. The lowest BCUT2D eigenvalue weighted by Gasteiger charge is -2.15. The minimum absolute atomic E-state index is 0.0163. The molecule has 7 heteroatoms. The van der Waals surface area contributed by atoms with E-state index in [1.54, 1.807) is 11.9 Å². The van der Waals surface area contributed by atoms with Gasteiger partial charge in [-0.2, -0.15) is 0 Å². The number of aromatic hydroxyl groups is 2. The van der Waals surface area contributed by atoms with E-state index in [1.807, 2.05) is 0 Å². The second kappa shape index (κ2) is 6.03. The lowest BCUT2D eigenvalue weighted by Crippen LogP contribution is -2.30. The fourth-order valence-corrected chi connectivity index (χ4v) is 2.08. The maximum atomic E-state index is 11.9. The summed E-state index contributed by atoms with van der Waals surface area (Å²) in [4.78, 5) is 13.4.